The van der Waals surface area contributed by atoms with Crippen LogP contribution in [-0.2, 0) is 0 Å². The Morgan fingerprint density at radius 1 is 0.882 bits per heavy atom. The van der Waals surface area contributed by atoms with Gasteiger partial charge in [-0.3, -0.25) is 0 Å². The van der Waals surface area contributed by atoms with Gasteiger partial charge in [0.15, 0.2) is 0 Å². The zero-order valence-electron chi connectivity index (χ0n) is 10.3. The number of aromatic hydroxyl groups is 1. The van der Waals surface area contributed by atoms with Gasteiger partial charge in [0.05, 0.1) is 7.11 Å². The van der Waals surface area contributed by atoms with Gasteiger partial charge in [-0.05, 0) is 54.3 Å². The maximum atomic E-state index is 9.29. The molecule has 17 heavy (non-hydrogen) atoms. The maximum Gasteiger partial charge on any atom is 0.122 e. The standard InChI is InChI=1S/C15H16O2/c1-10-11(2)15(17-3)9-8-14(10)12-4-6-13(16)7-5-12/h4-9,16H,1-3H3. The number of methoxy groups -OCH3 is 1. The van der Waals surface area contributed by atoms with Gasteiger partial charge in [-0.1, -0.05) is 18.2 Å². The van der Waals surface area contributed by atoms with E-state index >= 15 is 0 Å². The van der Waals surface area contributed by atoms with Crippen LogP contribution in [0.5, 0.6) is 11.5 Å². The fourth-order valence-corrected chi connectivity index (χ4v) is 1.97. The Kier molecular flexibility index (Phi) is 3.05. The van der Waals surface area contributed by atoms with Crippen molar-refractivity contribution in [1.29, 1.82) is 0 Å². The summed E-state index contributed by atoms with van der Waals surface area (Å²) in [4.78, 5) is 0. The summed E-state index contributed by atoms with van der Waals surface area (Å²) in [5.41, 5.74) is 4.63. The number of phenols is 1. The Balaban J connectivity index is 2.53. The molecule has 0 heterocycles. The van der Waals surface area contributed by atoms with Gasteiger partial charge in [0.2, 0.25) is 0 Å². The average Bonchev–Trinajstić information content (AvgIpc) is 2.34. The van der Waals surface area contributed by atoms with E-state index in [2.05, 4.69) is 13.8 Å². The van der Waals surface area contributed by atoms with Crippen molar-refractivity contribution in [3.63, 3.8) is 0 Å². The molecule has 0 spiro atoms. The molecule has 0 saturated carbocycles. The lowest BCUT2D eigenvalue weighted by Gasteiger charge is -2.12. The van der Waals surface area contributed by atoms with Crippen LogP contribution in [0.3, 0.4) is 0 Å². The highest BCUT2D eigenvalue weighted by Gasteiger charge is 2.08. The van der Waals surface area contributed by atoms with Crippen LogP contribution < -0.4 is 4.74 Å². The van der Waals surface area contributed by atoms with Gasteiger partial charge >= 0.3 is 0 Å². The van der Waals surface area contributed by atoms with Gasteiger partial charge in [0, 0.05) is 0 Å². The van der Waals surface area contributed by atoms with Gasteiger partial charge in [-0.2, -0.15) is 0 Å². The summed E-state index contributed by atoms with van der Waals surface area (Å²) < 4.78 is 5.30. The first-order valence-electron chi connectivity index (χ1n) is 5.57. The van der Waals surface area contributed by atoms with E-state index in [0.717, 1.165) is 16.9 Å². The molecule has 0 aromatic heterocycles. The minimum Gasteiger partial charge on any atom is -0.508 e. The summed E-state index contributed by atoms with van der Waals surface area (Å²) in [5.74, 6) is 1.20. The van der Waals surface area contributed by atoms with Crippen molar-refractivity contribution >= 4 is 0 Å². The highest BCUT2D eigenvalue weighted by molar-refractivity contribution is 5.70. The van der Waals surface area contributed by atoms with Gasteiger partial charge < -0.3 is 9.84 Å². The summed E-state index contributed by atoms with van der Waals surface area (Å²) in [6, 6.07) is 11.3. The van der Waals surface area contributed by atoms with Crippen molar-refractivity contribution < 1.29 is 9.84 Å². The topological polar surface area (TPSA) is 29.5 Å². The van der Waals surface area contributed by atoms with E-state index in [1.165, 1.54) is 11.1 Å². The molecule has 0 atom stereocenters. The van der Waals surface area contributed by atoms with Crippen LogP contribution in [-0.4, -0.2) is 12.2 Å². The predicted octanol–water partition coefficient (Wildman–Crippen LogP) is 3.68. The molecule has 2 nitrogen and oxygen atoms in total. The van der Waals surface area contributed by atoms with Crippen molar-refractivity contribution in [3.05, 3.63) is 47.5 Å². The molecule has 0 saturated heterocycles. The molecule has 0 fully saturated rings. The monoisotopic (exact) mass is 228 g/mol. The van der Waals surface area contributed by atoms with E-state index in [1.807, 2.05) is 24.3 Å². The van der Waals surface area contributed by atoms with E-state index < -0.39 is 0 Å². The average molecular weight is 228 g/mol. The third kappa shape index (κ3) is 2.11. The molecule has 2 heteroatoms. The predicted molar refractivity (Wildman–Crippen MR) is 69.6 cm³/mol. The molecular weight excluding hydrogens is 212 g/mol. The third-order valence-corrected chi connectivity index (χ3v) is 3.14. The highest BCUT2D eigenvalue weighted by Crippen LogP contribution is 2.31. The number of hydrogen-bond donors (Lipinski definition) is 1. The van der Waals surface area contributed by atoms with Gasteiger partial charge in [-0.15, -0.1) is 0 Å². The first kappa shape index (κ1) is 11.5. The maximum absolute atomic E-state index is 9.29. The number of ether oxygens (including phenoxy) is 1. The van der Waals surface area contributed by atoms with Gasteiger partial charge in [-0.25, -0.2) is 0 Å². The zero-order valence-corrected chi connectivity index (χ0v) is 10.3. The van der Waals surface area contributed by atoms with Crippen molar-refractivity contribution in [3.8, 4) is 22.6 Å². The summed E-state index contributed by atoms with van der Waals surface area (Å²) in [6.45, 7) is 4.14. The molecule has 2 aromatic carbocycles. The van der Waals surface area contributed by atoms with Crippen LogP contribution in [0.15, 0.2) is 36.4 Å². The number of benzene rings is 2. The van der Waals surface area contributed by atoms with E-state index in [0.29, 0.717) is 0 Å². The molecule has 0 aliphatic heterocycles. The number of phenolic OH excluding ortho intramolecular Hbond substituents is 1. The lowest BCUT2D eigenvalue weighted by atomic mass is 9.96. The van der Waals surface area contributed by atoms with E-state index in [4.69, 9.17) is 4.74 Å². The van der Waals surface area contributed by atoms with Crippen LogP contribution in [0, 0.1) is 13.8 Å². The van der Waals surface area contributed by atoms with Crippen LogP contribution >= 0.6 is 0 Å². The number of hydrogen-bond acceptors (Lipinski definition) is 2. The second kappa shape index (κ2) is 4.50. The minimum atomic E-state index is 0.289. The van der Waals surface area contributed by atoms with Crippen LogP contribution in [0.25, 0.3) is 11.1 Å². The molecule has 0 bridgehead atoms. The zero-order chi connectivity index (χ0) is 12.4. The SMILES string of the molecule is COc1ccc(-c2ccc(O)cc2)c(C)c1C. The Morgan fingerprint density at radius 3 is 2.12 bits per heavy atom. The first-order valence-corrected chi connectivity index (χ1v) is 5.57. The van der Waals surface area contributed by atoms with E-state index in [1.54, 1.807) is 19.2 Å². The van der Waals surface area contributed by atoms with Crippen molar-refractivity contribution in [2.45, 2.75) is 13.8 Å². The molecule has 0 unspecified atom stereocenters. The highest BCUT2D eigenvalue weighted by atomic mass is 16.5. The fourth-order valence-electron chi connectivity index (χ4n) is 1.97. The summed E-state index contributed by atoms with van der Waals surface area (Å²) in [7, 11) is 1.68. The second-order valence-electron chi connectivity index (χ2n) is 4.11. The van der Waals surface area contributed by atoms with Crippen LogP contribution in [0.2, 0.25) is 0 Å². The van der Waals surface area contributed by atoms with E-state index in [-0.39, 0.29) is 5.75 Å². The quantitative estimate of drug-likeness (QED) is 0.849. The lowest BCUT2D eigenvalue weighted by Crippen LogP contribution is -1.92. The minimum absolute atomic E-state index is 0.289. The smallest absolute Gasteiger partial charge is 0.122 e. The van der Waals surface area contributed by atoms with Gasteiger partial charge in [0.1, 0.15) is 11.5 Å². The molecule has 88 valence electrons. The molecule has 2 rings (SSSR count). The Labute approximate surface area is 101 Å². The first-order chi connectivity index (χ1) is 8.13. The fraction of sp³-hybridized carbons (Fsp3) is 0.200. The molecule has 1 N–H and O–H groups in total. The molecule has 0 amide bonds. The van der Waals surface area contributed by atoms with E-state index in [9.17, 15) is 5.11 Å². The molecule has 0 radical (unpaired) electrons. The summed E-state index contributed by atoms with van der Waals surface area (Å²) in [6.07, 6.45) is 0. The van der Waals surface area contributed by atoms with Crippen LogP contribution in [0.4, 0.5) is 0 Å². The Morgan fingerprint density at radius 2 is 1.53 bits per heavy atom. The van der Waals surface area contributed by atoms with Crippen molar-refractivity contribution in [1.82, 2.24) is 0 Å². The third-order valence-electron chi connectivity index (χ3n) is 3.14. The normalized spacial score (nSPS) is 10.3. The Bertz CT molecular complexity index is 527. The second-order valence-corrected chi connectivity index (χ2v) is 4.11. The molecule has 2 aromatic rings. The molecular formula is C15H16O2. The summed E-state index contributed by atoms with van der Waals surface area (Å²) in [5, 5.41) is 9.29. The molecule has 0 aliphatic rings. The Hall–Kier alpha value is -1.96. The summed E-state index contributed by atoms with van der Waals surface area (Å²) >= 11 is 0. The van der Waals surface area contributed by atoms with Crippen molar-refractivity contribution in [2.75, 3.05) is 7.11 Å². The number of rotatable bonds is 2. The largest absolute Gasteiger partial charge is 0.508 e. The molecule has 0 aliphatic carbocycles. The van der Waals surface area contributed by atoms with Crippen LogP contribution in [0.1, 0.15) is 11.1 Å². The van der Waals surface area contributed by atoms with Crippen molar-refractivity contribution in [2.24, 2.45) is 0 Å². The van der Waals surface area contributed by atoms with Gasteiger partial charge in [0.25, 0.3) is 0 Å². The lowest BCUT2D eigenvalue weighted by molar-refractivity contribution is 0.411.